The zero-order chi connectivity index (χ0) is 16.1. The minimum Gasteiger partial charge on any atom is -0.381 e. The highest BCUT2D eigenvalue weighted by Crippen LogP contribution is 2.29. The minimum absolute atomic E-state index is 0. The fourth-order valence-corrected chi connectivity index (χ4v) is 2.76. The Morgan fingerprint density at radius 3 is 2.72 bits per heavy atom. The lowest BCUT2D eigenvalue weighted by Crippen LogP contribution is -2.48. The van der Waals surface area contributed by atoms with Gasteiger partial charge in [0.25, 0.3) is 0 Å². The summed E-state index contributed by atoms with van der Waals surface area (Å²) in [7, 11) is 0. The number of amides is 1. The minimum atomic E-state index is -0.504. The maximum atomic E-state index is 12.6. The lowest BCUT2D eigenvalue weighted by atomic mass is 9.79. The molecule has 2 aromatic rings. The molecule has 0 spiro atoms. The third kappa shape index (κ3) is 4.92. The Hall–Kier alpha value is -1.67. The first-order valence-electron chi connectivity index (χ1n) is 7.75. The van der Waals surface area contributed by atoms with Gasteiger partial charge in [0.15, 0.2) is 5.82 Å². The van der Waals surface area contributed by atoms with Crippen molar-refractivity contribution in [2.24, 2.45) is 11.1 Å². The van der Waals surface area contributed by atoms with Gasteiger partial charge in [0.2, 0.25) is 5.91 Å². The molecule has 1 fully saturated rings. The topological polar surface area (TPSA) is 95.1 Å². The molecule has 1 aliphatic heterocycles. The highest BCUT2D eigenvalue weighted by molar-refractivity contribution is 5.85. The van der Waals surface area contributed by atoms with E-state index in [0.29, 0.717) is 39.1 Å². The Kier molecular flexibility index (Phi) is 8.31. The molecular formula is C16H23Cl2N5O2. The van der Waals surface area contributed by atoms with Crippen molar-refractivity contribution in [1.29, 1.82) is 0 Å². The van der Waals surface area contributed by atoms with Crippen LogP contribution in [0, 0.1) is 5.41 Å². The van der Waals surface area contributed by atoms with Crippen LogP contribution in [0.2, 0.25) is 0 Å². The van der Waals surface area contributed by atoms with Crippen LogP contribution in [-0.4, -0.2) is 40.4 Å². The summed E-state index contributed by atoms with van der Waals surface area (Å²) in [6.07, 6.45) is 6.59. The maximum absolute atomic E-state index is 12.6. The monoisotopic (exact) mass is 387 g/mol. The van der Waals surface area contributed by atoms with Crippen molar-refractivity contribution in [3.05, 3.63) is 42.4 Å². The van der Waals surface area contributed by atoms with Gasteiger partial charge in [-0.3, -0.25) is 4.79 Å². The van der Waals surface area contributed by atoms with E-state index >= 15 is 0 Å². The van der Waals surface area contributed by atoms with E-state index in [-0.39, 0.29) is 30.7 Å². The number of nitrogens with two attached hydrogens (primary N) is 1. The van der Waals surface area contributed by atoms with Crippen LogP contribution in [0.15, 0.2) is 36.8 Å². The molecular weight excluding hydrogens is 365 g/mol. The fourth-order valence-electron chi connectivity index (χ4n) is 2.76. The van der Waals surface area contributed by atoms with Crippen LogP contribution in [0.25, 0.3) is 5.82 Å². The van der Waals surface area contributed by atoms with Crippen LogP contribution in [-0.2, 0) is 16.1 Å². The summed E-state index contributed by atoms with van der Waals surface area (Å²) in [5.41, 5.74) is 6.32. The highest BCUT2D eigenvalue weighted by Gasteiger charge is 2.38. The van der Waals surface area contributed by atoms with Crippen LogP contribution < -0.4 is 11.1 Å². The van der Waals surface area contributed by atoms with Crippen molar-refractivity contribution < 1.29 is 9.53 Å². The number of carbonyl (C=O) groups is 1. The fraction of sp³-hybridized carbons (Fsp3) is 0.438. The van der Waals surface area contributed by atoms with Crippen LogP contribution in [0.1, 0.15) is 18.4 Å². The van der Waals surface area contributed by atoms with E-state index in [1.165, 1.54) is 0 Å². The summed E-state index contributed by atoms with van der Waals surface area (Å²) in [6, 6.07) is 5.63. The number of ether oxygens (including phenoxy) is 1. The lowest BCUT2D eigenvalue weighted by molar-refractivity contribution is -0.136. The zero-order valence-corrected chi connectivity index (χ0v) is 15.4. The summed E-state index contributed by atoms with van der Waals surface area (Å²) in [5.74, 6) is 0.724. The van der Waals surface area contributed by atoms with Crippen LogP contribution in [0.4, 0.5) is 0 Å². The van der Waals surface area contributed by atoms with Gasteiger partial charge in [0, 0.05) is 44.9 Å². The summed E-state index contributed by atoms with van der Waals surface area (Å²) in [6.45, 7) is 1.96. The molecule has 3 heterocycles. The first-order valence-corrected chi connectivity index (χ1v) is 7.75. The Bertz CT molecular complexity index is 660. The molecule has 0 radical (unpaired) electrons. The molecule has 1 amide bonds. The van der Waals surface area contributed by atoms with E-state index in [0.717, 1.165) is 11.4 Å². The zero-order valence-electron chi connectivity index (χ0n) is 13.8. The predicted molar refractivity (Wildman–Crippen MR) is 99.2 cm³/mol. The summed E-state index contributed by atoms with van der Waals surface area (Å²) in [5, 5.41) is 7.16. The van der Waals surface area contributed by atoms with Gasteiger partial charge in [-0.05, 0) is 36.6 Å². The quantitative estimate of drug-likeness (QED) is 0.809. The number of aromatic nitrogens is 3. The van der Waals surface area contributed by atoms with Crippen molar-refractivity contribution in [2.75, 3.05) is 19.8 Å². The normalized spacial score (nSPS) is 15.6. The molecule has 0 atom stereocenters. The molecule has 1 aliphatic rings. The second-order valence-electron chi connectivity index (χ2n) is 5.75. The smallest absolute Gasteiger partial charge is 0.227 e. The molecule has 3 rings (SSSR count). The third-order valence-electron chi connectivity index (χ3n) is 4.32. The van der Waals surface area contributed by atoms with Gasteiger partial charge in [-0.15, -0.1) is 24.8 Å². The standard InChI is InChI=1S/C16H21N5O2.2ClH/c17-12-16(3-8-23-9-4-16)15(22)19-11-13-2-6-18-14(10-13)21-7-1-5-20-21;;/h1-2,5-7,10H,3-4,8-9,11-12,17H2,(H,19,22);2*1H. The van der Waals surface area contributed by atoms with Crippen LogP contribution >= 0.6 is 24.8 Å². The molecule has 3 N–H and O–H groups in total. The van der Waals surface area contributed by atoms with Gasteiger partial charge < -0.3 is 15.8 Å². The lowest BCUT2D eigenvalue weighted by Gasteiger charge is -2.34. The van der Waals surface area contributed by atoms with Gasteiger partial charge >= 0.3 is 0 Å². The second kappa shape index (κ2) is 9.72. The van der Waals surface area contributed by atoms with Crippen molar-refractivity contribution in [1.82, 2.24) is 20.1 Å². The first-order chi connectivity index (χ1) is 11.2. The Balaban J connectivity index is 0.00000156. The van der Waals surface area contributed by atoms with Crippen molar-refractivity contribution in [3.8, 4) is 5.82 Å². The second-order valence-corrected chi connectivity index (χ2v) is 5.75. The van der Waals surface area contributed by atoms with Crippen molar-refractivity contribution >= 4 is 30.7 Å². The number of carbonyl (C=O) groups excluding carboxylic acids is 1. The van der Waals surface area contributed by atoms with E-state index in [4.69, 9.17) is 10.5 Å². The van der Waals surface area contributed by atoms with Crippen molar-refractivity contribution in [2.45, 2.75) is 19.4 Å². The predicted octanol–water partition coefficient (Wildman–Crippen LogP) is 1.48. The van der Waals surface area contributed by atoms with E-state index < -0.39 is 5.41 Å². The average molecular weight is 388 g/mol. The molecule has 2 aromatic heterocycles. The van der Waals surface area contributed by atoms with E-state index in [1.54, 1.807) is 17.1 Å². The molecule has 9 heteroatoms. The molecule has 138 valence electrons. The van der Waals surface area contributed by atoms with E-state index in [9.17, 15) is 4.79 Å². The molecule has 0 bridgehead atoms. The Labute approximate surface area is 159 Å². The SMILES string of the molecule is Cl.Cl.NCC1(C(=O)NCc2ccnc(-n3cccn3)c2)CCOCC1. The molecule has 1 saturated heterocycles. The van der Waals surface area contributed by atoms with Crippen molar-refractivity contribution in [3.63, 3.8) is 0 Å². The van der Waals surface area contributed by atoms with Gasteiger partial charge in [-0.25, -0.2) is 9.67 Å². The average Bonchev–Trinajstić information content (AvgIpc) is 3.15. The van der Waals surface area contributed by atoms with Gasteiger partial charge in [0.1, 0.15) is 0 Å². The van der Waals surface area contributed by atoms with E-state index in [1.807, 2.05) is 24.4 Å². The van der Waals surface area contributed by atoms with Gasteiger partial charge in [0.05, 0.1) is 5.41 Å². The molecule has 0 saturated carbocycles. The number of nitrogens with one attached hydrogen (secondary N) is 1. The van der Waals surface area contributed by atoms with Crippen LogP contribution in [0.5, 0.6) is 0 Å². The number of hydrogen-bond acceptors (Lipinski definition) is 5. The molecule has 25 heavy (non-hydrogen) atoms. The Morgan fingerprint density at radius 1 is 1.32 bits per heavy atom. The molecule has 0 aromatic carbocycles. The number of nitrogens with zero attached hydrogens (tertiary/aromatic N) is 3. The molecule has 0 unspecified atom stereocenters. The summed E-state index contributed by atoms with van der Waals surface area (Å²) < 4.78 is 7.03. The van der Waals surface area contributed by atoms with Gasteiger partial charge in [-0.1, -0.05) is 0 Å². The van der Waals surface area contributed by atoms with Gasteiger partial charge in [-0.2, -0.15) is 5.10 Å². The molecule has 7 nitrogen and oxygen atoms in total. The summed E-state index contributed by atoms with van der Waals surface area (Å²) in [4.78, 5) is 16.8. The number of pyridine rings is 1. The number of rotatable bonds is 5. The Morgan fingerprint density at radius 2 is 2.08 bits per heavy atom. The number of halogens is 2. The van der Waals surface area contributed by atoms with E-state index in [2.05, 4.69) is 15.4 Å². The molecule has 0 aliphatic carbocycles. The van der Waals surface area contributed by atoms with Crippen LogP contribution in [0.3, 0.4) is 0 Å². The number of hydrogen-bond donors (Lipinski definition) is 2. The highest BCUT2D eigenvalue weighted by atomic mass is 35.5. The first kappa shape index (κ1) is 21.4. The largest absolute Gasteiger partial charge is 0.381 e. The third-order valence-corrected chi connectivity index (χ3v) is 4.32. The maximum Gasteiger partial charge on any atom is 0.227 e. The summed E-state index contributed by atoms with van der Waals surface area (Å²) >= 11 is 0.